The van der Waals surface area contributed by atoms with Crippen LogP contribution >= 0.6 is 0 Å². The van der Waals surface area contributed by atoms with Crippen LogP contribution in [0.1, 0.15) is 18.0 Å². The monoisotopic (exact) mass is 188 g/mol. The molecule has 1 aromatic rings. The molecule has 72 valence electrons. The molecule has 0 bridgehead atoms. The summed E-state index contributed by atoms with van der Waals surface area (Å²) in [6, 6.07) is 8.09. The summed E-state index contributed by atoms with van der Waals surface area (Å²) in [5.41, 5.74) is 10.8. The minimum atomic E-state index is 0.00685. The molecule has 0 radical (unpaired) electrons. The van der Waals surface area contributed by atoms with Gasteiger partial charge in [0.2, 0.25) is 0 Å². The van der Waals surface area contributed by atoms with E-state index in [0.29, 0.717) is 0 Å². The van der Waals surface area contributed by atoms with E-state index in [1.807, 2.05) is 18.2 Å². The maximum Gasteiger partial charge on any atom is 0.0662 e. The number of azide groups is 1. The number of hydrogen-bond donors (Lipinski definition) is 0. The standard InChI is InChI=1S/C10H12N4/c1-14-7-6-9(12-13-11)8-4-2-3-5-10(8)14/h2-5,9H,6-7H2,1H3. The number of nitrogens with zero attached hydrogens (tertiary/aromatic N) is 4. The van der Waals surface area contributed by atoms with E-state index in [0.717, 1.165) is 18.5 Å². The molecule has 1 aliphatic rings. The lowest BCUT2D eigenvalue weighted by Gasteiger charge is -2.30. The molecule has 4 heteroatoms. The quantitative estimate of drug-likeness (QED) is 0.380. The molecule has 1 aliphatic heterocycles. The van der Waals surface area contributed by atoms with Crippen LogP contribution in [0.15, 0.2) is 29.4 Å². The van der Waals surface area contributed by atoms with Crippen LogP contribution in [-0.2, 0) is 0 Å². The summed E-state index contributed by atoms with van der Waals surface area (Å²) in [6.45, 7) is 0.945. The van der Waals surface area contributed by atoms with Crippen molar-refractivity contribution in [3.8, 4) is 0 Å². The van der Waals surface area contributed by atoms with Gasteiger partial charge in [-0.05, 0) is 23.6 Å². The molecule has 1 aromatic carbocycles. The molecule has 0 saturated carbocycles. The van der Waals surface area contributed by atoms with Crippen molar-refractivity contribution in [3.63, 3.8) is 0 Å². The lowest BCUT2D eigenvalue weighted by molar-refractivity contribution is 0.611. The lowest BCUT2D eigenvalue weighted by atomic mass is 9.98. The van der Waals surface area contributed by atoms with Gasteiger partial charge in [-0.1, -0.05) is 23.3 Å². The highest BCUT2D eigenvalue weighted by Crippen LogP contribution is 2.34. The van der Waals surface area contributed by atoms with E-state index in [2.05, 4.69) is 28.0 Å². The lowest BCUT2D eigenvalue weighted by Crippen LogP contribution is -2.26. The smallest absolute Gasteiger partial charge is 0.0662 e. The molecule has 4 nitrogen and oxygen atoms in total. The predicted octanol–water partition coefficient (Wildman–Crippen LogP) is 2.88. The summed E-state index contributed by atoms with van der Waals surface area (Å²) in [7, 11) is 2.06. The number of rotatable bonds is 1. The molecule has 0 saturated heterocycles. The van der Waals surface area contributed by atoms with Gasteiger partial charge in [0.15, 0.2) is 0 Å². The van der Waals surface area contributed by atoms with Gasteiger partial charge < -0.3 is 4.90 Å². The van der Waals surface area contributed by atoms with E-state index in [9.17, 15) is 0 Å². The van der Waals surface area contributed by atoms with Gasteiger partial charge in [-0.2, -0.15) is 0 Å². The van der Waals surface area contributed by atoms with Crippen LogP contribution in [0.5, 0.6) is 0 Å². The zero-order valence-electron chi connectivity index (χ0n) is 8.09. The molecule has 1 unspecified atom stereocenters. The minimum absolute atomic E-state index is 0.00685. The number of para-hydroxylation sites is 1. The third-order valence-electron chi connectivity index (χ3n) is 2.64. The Morgan fingerprint density at radius 2 is 2.29 bits per heavy atom. The Balaban J connectivity index is 2.46. The molecular formula is C10H12N4. The van der Waals surface area contributed by atoms with Gasteiger partial charge in [-0.3, -0.25) is 0 Å². The van der Waals surface area contributed by atoms with Crippen molar-refractivity contribution < 1.29 is 0 Å². The number of benzene rings is 1. The third kappa shape index (κ3) is 1.40. The molecule has 0 spiro atoms. The van der Waals surface area contributed by atoms with Crippen LogP contribution in [0.3, 0.4) is 0 Å². The van der Waals surface area contributed by atoms with Crippen molar-refractivity contribution in [2.75, 3.05) is 18.5 Å². The van der Waals surface area contributed by atoms with Crippen molar-refractivity contribution >= 4 is 5.69 Å². The van der Waals surface area contributed by atoms with Crippen LogP contribution in [0.25, 0.3) is 10.4 Å². The highest BCUT2D eigenvalue weighted by molar-refractivity contribution is 5.56. The maximum atomic E-state index is 8.45. The van der Waals surface area contributed by atoms with Gasteiger partial charge in [-0.15, -0.1) is 0 Å². The van der Waals surface area contributed by atoms with Crippen LogP contribution in [0.2, 0.25) is 0 Å². The summed E-state index contributed by atoms with van der Waals surface area (Å²) in [4.78, 5) is 5.08. The topological polar surface area (TPSA) is 52.0 Å². The zero-order valence-corrected chi connectivity index (χ0v) is 8.09. The van der Waals surface area contributed by atoms with Gasteiger partial charge >= 0.3 is 0 Å². The van der Waals surface area contributed by atoms with E-state index >= 15 is 0 Å². The second-order valence-electron chi connectivity index (χ2n) is 3.49. The van der Waals surface area contributed by atoms with E-state index in [-0.39, 0.29) is 6.04 Å². The molecule has 1 atom stereocenters. The Hall–Kier alpha value is -1.67. The molecule has 0 fully saturated rings. The molecule has 0 aliphatic carbocycles. The molecular weight excluding hydrogens is 176 g/mol. The highest BCUT2D eigenvalue weighted by atomic mass is 15.2. The van der Waals surface area contributed by atoms with E-state index in [1.54, 1.807) is 0 Å². The highest BCUT2D eigenvalue weighted by Gasteiger charge is 2.21. The van der Waals surface area contributed by atoms with E-state index in [4.69, 9.17) is 5.53 Å². The largest absolute Gasteiger partial charge is 0.374 e. The Labute approximate surface area is 82.8 Å². The Bertz CT molecular complexity index is 381. The third-order valence-corrected chi connectivity index (χ3v) is 2.64. The van der Waals surface area contributed by atoms with Crippen LogP contribution in [-0.4, -0.2) is 13.6 Å². The van der Waals surface area contributed by atoms with Crippen molar-refractivity contribution in [3.05, 3.63) is 40.3 Å². The van der Waals surface area contributed by atoms with Crippen molar-refractivity contribution in [2.24, 2.45) is 5.11 Å². The van der Waals surface area contributed by atoms with Crippen LogP contribution in [0, 0.1) is 0 Å². The van der Waals surface area contributed by atoms with E-state index < -0.39 is 0 Å². The zero-order chi connectivity index (χ0) is 9.97. The van der Waals surface area contributed by atoms with Gasteiger partial charge in [0, 0.05) is 24.2 Å². The molecule has 0 amide bonds. The first-order chi connectivity index (χ1) is 6.83. The Morgan fingerprint density at radius 3 is 3.07 bits per heavy atom. The maximum absolute atomic E-state index is 8.45. The summed E-state index contributed by atoms with van der Waals surface area (Å²) in [5, 5.41) is 3.81. The molecule has 2 rings (SSSR count). The average molecular weight is 188 g/mol. The fourth-order valence-corrected chi connectivity index (χ4v) is 1.89. The molecule has 0 aromatic heterocycles. The average Bonchev–Trinajstić information content (AvgIpc) is 2.23. The van der Waals surface area contributed by atoms with Gasteiger partial charge in [0.25, 0.3) is 0 Å². The van der Waals surface area contributed by atoms with Gasteiger partial charge in [0.05, 0.1) is 6.04 Å². The van der Waals surface area contributed by atoms with Gasteiger partial charge in [-0.25, -0.2) is 0 Å². The van der Waals surface area contributed by atoms with E-state index in [1.165, 1.54) is 5.69 Å². The van der Waals surface area contributed by atoms with Crippen molar-refractivity contribution in [1.29, 1.82) is 0 Å². The van der Waals surface area contributed by atoms with Crippen molar-refractivity contribution in [1.82, 2.24) is 0 Å². The summed E-state index contributed by atoms with van der Waals surface area (Å²) >= 11 is 0. The fourth-order valence-electron chi connectivity index (χ4n) is 1.89. The SMILES string of the molecule is CN1CCC(N=[N+]=[N-])c2ccccc21. The predicted molar refractivity (Wildman–Crippen MR) is 56.2 cm³/mol. The first-order valence-electron chi connectivity index (χ1n) is 4.67. The summed E-state index contributed by atoms with van der Waals surface area (Å²) < 4.78 is 0. The minimum Gasteiger partial charge on any atom is -0.374 e. The first kappa shape index (κ1) is 8.91. The van der Waals surface area contributed by atoms with Crippen molar-refractivity contribution in [2.45, 2.75) is 12.5 Å². The van der Waals surface area contributed by atoms with Crippen LogP contribution in [0.4, 0.5) is 5.69 Å². The number of anilines is 1. The second kappa shape index (κ2) is 3.60. The first-order valence-corrected chi connectivity index (χ1v) is 4.67. The summed E-state index contributed by atoms with van der Waals surface area (Å²) in [5.74, 6) is 0. The number of hydrogen-bond acceptors (Lipinski definition) is 2. The Kier molecular flexibility index (Phi) is 2.29. The second-order valence-corrected chi connectivity index (χ2v) is 3.49. The van der Waals surface area contributed by atoms with Crippen LogP contribution < -0.4 is 4.90 Å². The number of fused-ring (bicyclic) bond motifs is 1. The fraction of sp³-hybridized carbons (Fsp3) is 0.400. The molecule has 1 heterocycles. The Morgan fingerprint density at radius 1 is 1.50 bits per heavy atom. The molecule has 0 N–H and O–H groups in total. The van der Waals surface area contributed by atoms with Gasteiger partial charge in [0.1, 0.15) is 0 Å². The normalized spacial score (nSPS) is 19.8. The summed E-state index contributed by atoms with van der Waals surface area (Å²) in [6.07, 6.45) is 0.900. The molecule has 14 heavy (non-hydrogen) atoms.